The van der Waals surface area contributed by atoms with E-state index < -0.39 is 0 Å². The van der Waals surface area contributed by atoms with Gasteiger partial charge >= 0.3 is 0 Å². The lowest BCUT2D eigenvalue weighted by Gasteiger charge is -2.02. The van der Waals surface area contributed by atoms with Gasteiger partial charge in [-0.05, 0) is 35.9 Å². The van der Waals surface area contributed by atoms with Gasteiger partial charge in [0.25, 0.3) is 0 Å². The summed E-state index contributed by atoms with van der Waals surface area (Å²) in [5.41, 5.74) is 4.88. The molecule has 0 unspecified atom stereocenters. The Morgan fingerprint density at radius 1 is 1.00 bits per heavy atom. The van der Waals surface area contributed by atoms with Crippen molar-refractivity contribution in [1.29, 1.82) is 0 Å². The van der Waals surface area contributed by atoms with E-state index in [9.17, 15) is 0 Å². The van der Waals surface area contributed by atoms with Crippen LogP contribution in [0, 0.1) is 0 Å². The molecule has 23 heavy (non-hydrogen) atoms. The lowest BCUT2D eigenvalue weighted by atomic mass is 10.2. The standard InChI is InChI=1S/C18H14Cl2N2O/c19-15-6-3-5-13(10-15)18-9-8-16(23-18)12-22-21-11-14-4-1-2-7-17(14)20/h1-10,12,21H,11H2/b22-12-. The fourth-order valence-corrected chi connectivity index (χ4v) is 2.49. The monoisotopic (exact) mass is 344 g/mol. The Balaban J connectivity index is 1.62. The molecule has 0 aliphatic rings. The fraction of sp³-hybridized carbons (Fsp3) is 0.0556. The predicted molar refractivity (Wildman–Crippen MR) is 95.0 cm³/mol. The van der Waals surface area contributed by atoms with Crippen molar-refractivity contribution in [1.82, 2.24) is 5.43 Å². The summed E-state index contributed by atoms with van der Waals surface area (Å²) in [4.78, 5) is 0. The van der Waals surface area contributed by atoms with Gasteiger partial charge in [0.1, 0.15) is 11.5 Å². The number of halogens is 2. The molecule has 0 aliphatic carbocycles. The van der Waals surface area contributed by atoms with Crippen molar-refractivity contribution in [2.75, 3.05) is 0 Å². The van der Waals surface area contributed by atoms with Crippen molar-refractivity contribution in [3.05, 3.63) is 82.0 Å². The van der Waals surface area contributed by atoms with Crippen LogP contribution in [0.5, 0.6) is 0 Å². The smallest absolute Gasteiger partial charge is 0.147 e. The molecular formula is C18H14Cl2N2O. The topological polar surface area (TPSA) is 37.5 Å². The largest absolute Gasteiger partial charge is 0.455 e. The van der Waals surface area contributed by atoms with E-state index in [1.54, 1.807) is 6.21 Å². The maximum atomic E-state index is 6.08. The molecule has 0 spiro atoms. The molecule has 0 saturated heterocycles. The van der Waals surface area contributed by atoms with E-state index in [0.717, 1.165) is 21.9 Å². The summed E-state index contributed by atoms with van der Waals surface area (Å²) in [6, 6.07) is 18.9. The van der Waals surface area contributed by atoms with E-state index in [-0.39, 0.29) is 0 Å². The Bertz CT molecular complexity index is 827. The number of rotatable bonds is 5. The van der Waals surface area contributed by atoms with Gasteiger partial charge in [-0.1, -0.05) is 53.5 Å². The normalized spacial score (nSPS) is 11.0. The van der Waals surface area contributed by atoms with Crippen LogP contribution in [0.15, 0.2) is 70.2 Å². The summed E-state index contributed by atoms with van der Waals surface area (Å²) in [6.45, 7) is 0.554. The molecule has 5 heteroatoms. The van der Waals surface area contributed by atoms with Crippen molar-refractivity contribution in [3.8, 4) is 11.3 Å². The molecule has 0 radical (unpaired) electrons. The molecule has 1 N–H and O–H groups in total. The van der Waals surface area contributed by atoms with Gasteiger partial charge in [0.2, 0.25) is 0 Å². The Labute approximate surface area is 144 Å². The molecule has 2 aromatic carbocycles. The Kier molecular flexibility index (Phi) is 5.01. The molecule has 0 saturated carbocycles. The fourth-order valence-electron chi connectivity index (χ4n) is 2.10. The van der Waals surface area contributed by atoms with Crippen molar-refractivity contribution in [2.24, 2.45) is 5.10 Å². The molecular weight excluding hydrogens is 331 g/mol. The summed E-state index contributed by atoms with van der Waals surface area (Å²) in [5.74, 6) is 1.41. The van der Waals surface area contributed by atoms with Crippen LogP contribution in [-0.2, 0) is 6.54 Å². The van der Waals surface area contributed by atoms with Crippen molar-refractivity contribution < 1.29 is 4.42 Å². The van der Waals surface area contributed by atoms with Gasteiger partial charge in [-0.2, -0.15) is 5.10 Å². The molecule has 0 bridgehead atoms. The van der Waals surface area contributed by atoms with Gasteiger partial charge < -0.3 is 9.84 Å². The van der Waals surface area contributed by atoms with Crippen molar-refractivity contribution >= 4 is 29.4 Å². The lowest BCUT2D eigenvalue weighted by molar-refractivity contribution is 0.573. The van der Waals surface area contributed by atoms with E-state index in [1.165, 1.54) is 0 Å². The number of nitrogens with zero attached hydrogens (tertiary/aromatic N) is 1. The third-order valence-electron chi connectivity index (χ3n) is 3.25. The predicted octanol–water partition coefficient (Wildman–Crippen LogP) is 5.38. The zero-order valence-electron chi connectivity index (χ0n) is 12.2. The minimum Gasteiger partial charge on any atom is -0.455 e. The zero-order valence-corrected chi connectivity index (χ0v) is 13.7. The first-order chi connectivity index (χ1) is 11.2. The highest BCUT2D eigenvalue weighted by atomic mass is 35.5. The molecule has 116 valence electrons. The average molecular weight is 345 g/mol. The van der Waals surface area contributed by atoms with Gasteiger partial charge in [-0.3, -0.25) is 0 Å². The van der Waals surface area contributed by atoms with Crippen LogP contribution < -0.4 is 5.43 Å². The van der Waals surface area contributed by atoms with Crippen LogP contribution in [0.25, 0.3) is 11.3 Å². The maximum Gasteiger partial charge on any atom is 0.147 e. The summed E-state index contributed by atoms with van der Waals surface area (Å²) >= 11 is 12.1. The second-order valence-corrected chi connectivity index (χ2v) is 5.74. The van der Waals surface area contributed by atoms with Crippen LogP contribution in [-0.4, -0.2) is 6.21 Å². The Hall–Kier alpha value is -2.23. The molecule has 3 rings (SSSR count). The summed E-state index contributed by atoms with van der Waals surface area (Å²) in [7, 11) is 0. The van der Waals surface area contributed by atoms with Gasteiger partial charge in [-0.15, -0.1) is 0 Å². The van der Waals surface area contributed by atoms with E-state index in [2.05, 4.69) is 10.5 Å². The number of hydrogen-bond acceptors (Lipinski definition) is 3. The van der Waals surface area contributed by atoms with Crippen LogP contribution >= 0.6 is 23.2 Å². The molecule has 1 aromatic heterocycles. The molecule has 1 heterocycles. The highest BCUT2D eigenvalue weighted by molar-refractivity contribution is 6.31. The summed E-state index contributed by atoms with van der Waals surface area (Å²) < 4.78 is 5.73. The number of hydrazone groups is 1. The first-order valence-corrected chi connectivity index (χ1v) is 7.83. The second kappa shape index (κ2) is 7.36. The Morgan fingerprint density at radius 2 is 1.87 bits per heavy atom. The molecule has 0 aliphatic heterocycles. The third-order valence-corrected chi connectivity index (χ3v) is 3.85. The number of hydrogen-bond donors (Lipinski definition) is 1. The molecule has 0 amide bonds. The molecule has 3 aromatic rings. The number of nitrogens with one attached hydrogen (secondary N) is 1. The van der Waals surface area contributed by atoms with Crippen molar-refractivity contribution in [3.63, 3.8) is 0 Å². The molecule has 3 nitrogen and oxygen atoms in total. The lowest BCUT2D eigenvalue weighted by Crippen LogP contribution is -2.05. The zero-order chi connectivity index (χ0) is 16.1. The first kappa shape index (κ1) is 15.7. The third kappa shape index (κ3) is 4.15. The van der Waals surface area contributed by atoms with Crippen LogP contribution in [0.2, 0.25) is 10.0 Å². The first-order valence-electron chi connectivity index (χ1n) is 7.07. The van der Waals surface area contributed by atoms with Crippen LogP contribution in [0.3, 0.4) is 0 Å². The van der Waals surface area contributed by atoms with E-state index in [0.29, 0.717) is 17.3 Å². The van der Waals surface area contributed by atoms with E-state index in [4.69, 9.17) is 27.6 Å². The second-order valence-electron chi connectivity index (χ2n) is 4.90. The van der Waals surface area contributed by atoms with Crippen LogP contribution in [0.1, 0.15) is 11.3 Å². The highest BCUT2D eigenvalue weighted by Gasteiger charge is 2.04. The minimum absolute atomic E-state index is 0.554. The van der Waals surface area contributed by atoms with Gasteiger partial charge in [0.15, 0.2) is 0 Å². The minimum atomic E-state index is 0.554. The number of benzene rings is 2. The Morgan fingerprint density at radius 3 is 2.70 bits per heavy atom. The SMILES string of the molecule is Clc1cccc(-c2ccc(/C=N\NCc3ccccc3Cl)o2)c1. The van der Waals surface area contributed by atoms with Gasteiger partial charge in [0.05, 0.1) is 12.8 Å². The van der Waals surface area contributed by atoms with Crippen molar-refractivity contribution in [2.45, 2.75) is 6.54 Å². The highest BCUT2D eigenvalue weighted by Crippen LogP contribution is 2.24. The van der Waals surface area contributed by atoms with E-state index >= 15 is 0 Å². The van der Waals surface area contributed by atoms with Gasteiger partial charge in [0, 0.05) is 15.6 Å². The van der Waals surface area contributed by atoms with Gasteiger partial charge in [-0.25, -0.2) is 0 Å². The maximum absolute atomic E-state index is 6.08. The quantitative estimate of drug-likeness (QED) is 0.498. The van der Waals surface area contributed by atoms with Crippen LogP contribution in [0.4, 0.5) is 0 Å². The summed E-state index contributed by atoms with van der Waals surface area (Å²) in [5, 5.41) is 5.54. The molecule has 0 atom stereocenters. The van der Waals surface area contributed by atoms with E-state index in [1.807, 2.05) is 60.7 Å². The average Bonchev–Trinajstić information content (AvgIpc) is 3.02. The molecule has 0 fully saturated rings. The number of furan rings is 1. The summed E-state index contributed by atoms with van der Waals surface area (Å²) in [6.07, 6.45) is 1.63.